The lowest BCUT2D eigenvalue weighted by atomic mass is 10.0. The minimum Gasteiger partial charge on any atom is -0.348 e. The number of benzene rings is 2. The van der Waals surface area contributed by atoms with Gasteiger partial charge >= 0.3 is 0 Å². The van der Waals surface area contributed by atoms with Crippen LogP contribution < -0.4 is 10.2 Å². The molecule has 1 aliphatic rings. The summed E-state index contributed by atoms with van der Waals surface area (Å²) in [5, 5.41) is 10.2. The van der Waals surface area contributed by atoms with Crippen LogP contribution in [-0.2, 0) is 7.05 Å². The van der Waals surface area contributed by atoms with E-state index in [1.54, 1.807) is 11.3 Å². The highest BCUT2D eigenvalue weighted by molar-refractivity contribution is 7.22. The van der Waals surface area contributed by atoms with Crippen molar-refractivity contribution in [1.82, 2.24) is 20.1 Å². The third-order valence-corrected chi connectivity index (χ3v) is 6.60. The van der Waals surface area contributed by atoms with E-state index in [1.165, 1.54) is 34.1 Å². The molecular formula is C21H23N5S. The Morgan fingerprint density at radius 3 is 2.63 bits per heavy atom. The Hall–Kier alpha value is -2.44. The quantitative estimate of drug-likeness (QED) is 0.585. The summed E-state index contributed by atoms with van der Waals surface area (Å²) in [6, 6.07) is 13.6. The standard InChI is InChI=1S/C21H23N5S/c1-25-13-16-11-14(3-5-18(16)24-25)15-4-6-19-20(12-15)27-21(23-19)26(2)17-7-9-22-10-8-17/h3-6,11-13,17,22H,7-10H2,1-2H3. The van der Waals surface area contributed by atoms with E-state index in [4.69, 9.17) is 4.98 Å². The van der Waals surface area contributed by atoms with Gasteiger partial charge in [0.15, 0.2) is 5.13 Å². The van der Waals surface area contributed by atoms with E-state index in [2.05, 4.69) is 65.0 Å². The van der Waals surface area contributed by atoms with Gasteiger partial charge in [-0.05, 0) is 61.3 Å². The van der Waals surface area contributed by atoms with Crippen LogP contribution in [-0.4, -0.2) is 40.9 Å². The number of rotatable bonds is 3. The van der Waals surface area contributed by atoms with Crippen molar-refractivity contribution in [1.29, 1.82) is 0 Å². The fourth-order valence-corrected chi connectivity index (χ4v) is 4.96. The highest BCUT2D eigenvalue weighted by Crippen LogP contribution is 2.34. The van der Waals surface area contributed by atoms with Crippen molar-refractivity contribution in [2.24, 2.45) is 7.05 Å². The number of piperidine rings is 1. The van der Waals surface area contributed by atoms with Crippen LogP contribution in [0.3, 0.4) is 0 Å². The number of nitrogens with one attached hydrogen (secondary N) is 1. The average Bonchev–Trinajstić information content (AvgIpc) is 3.29. The first kappa shape index (κ1) is 16.7. The van der Waals surface area contributed by atoms with Gasteiger partial charge in [0.05, 0.1) is 15.7 Å². The van der Waals surface area contributed by atoms with Gasteiger partial charge in [0.2, 0.25) is 0 Å². The van der Waals surface area contributed by atoms with Crippen molar-refractivity contribution >= 4 is 37.6 Å². The molecule has 0 radical (unpaired) electrons. The van der Waals surface area contributed by atoms with Gasteiger partial charge in [-0.15, -0.1) is 0 Å². The summed E-state index contributed by atoms with van der Waals surface area (Å²) in [6.45, 7) is 2.20. The zero-order valence-electron chi connectivity index (χ0n) is 15.6. The van der Waals surface area contributed by atoms with Gasteiger partial charge in [-0.3, -0.25) is 4.68 Å². The molecule has 6 heteroatoms. The highest BCUT2D eigenvalue weighted by atomic mass is 32.1. The predicted molar refractivity (Wildman–Crippen MR) is 114 cm³/mol. The van der Waals surface area contributed by atoms with Crippen molar-refractivity contribution in [3.63, 3.8) is 0 Å². The smallest absolute Gasteiger partial charge is 0.186 e. The van der Waals surface area contributed by atoms with Crippen molar-refractivity contribution < 1.29 is 0 Å². The maximum atomic E-state index is 4.89. The summed E-state index contributed by atoms with van der Waals surface area (Å²) in [6.07, 6.45) is 4.43. The van der Waals surface area contributed by atoms with E-state index < -0.39 is 0 Å². The minimum absolute atomic E-state index is 0.583. The van der Waals surface area contributed by atoms with Crippen LogP contribution in [0.4, 0.5) is 5.13 Å². The summed E-state index contributed by atoms with van der Waals surface area (Å²) in [7, 11) is 4.15. The second-order valence-corrected chi connectivity index (χ2v) is 8.36. The molecule has 0 unspecified atom stereocenters. The zero-order valence-corrected chi connectivity index (χ0v) is 16.5. The van der Waals surface area contributed by atoms with Crippen molar-refractivity contribution in [3.8, 4) is 11.1 Å². The lowest BCUT2D eigenvalue weighted by Gasteiger charge is -2.31. The Labute approximate surface area is 162 Å². The number of thiazole rings is 1. The summed E-state index contributed by atoms with van der Waals surface area (Å²) in [5.41, 5.74) is 4.57. The fraction of sp³-hybridized carbons (Fsp3) is 0.333. The monoisotopic (exact) mass is 377 g/mol. The van der Waals surface area contributed by atoms with Crippen LogP contribution in [0.25, 0.3) is 32.2 Å². The predicted octanol–water partition coefficient (Wildman–Crippen LogP) is 4.04. The van der Waals surface area contributed by atoms with E-state index in [0.717, 1.165) is 29.3 Å². The fourth-order valence-electron chi connectivity index (χ4n) is 3.92. The van der Waals surface area contributed by atoms with Crippen molar-refractivity contribution in [3.05, 3.63) is 42.6 Å². The minimum atomic E-state index is 0.583. The maximum Gasteiger partial charge on any atom is 0.186 e. The molecule has 5 rings (SSSR count). The van der Waals surface area contributed by atoms with Gasteiger partial charge in [0, 0.05) is 31.7 Å². The Kier molecular flexibility index (Phi) is 4.10. The van der Waals surface area contributed by atoms with E-state index >= 15 is 0 Å². The summed E-state index contributed by atoms with van der Waals surface area (Å²) >= 11 is 1.79. The molecule has 0 spiro atoms. The molecule has 1 aliphatic heterocycles. The number of aromatic nitrogens is 3. The summed E-state index contributed by atoms with van der Waals surface area (Å²) < 4.78 is 3.11. The first-order chi connectivity index (χ1) is 13.2. The average molecular weight is 378 g/mol. The molecule has 1 fully saturated rings. The molecule has 3 heterocycles. The SMILES string of the molecule is CN(c1nc2ccc(-c3ccc4nn(C)cc4c3)cc2s1)C1CCNCC1. The van der Waals surface area contributed by atoms with Gasteiger partial charge in [-0.2, -0.15) is 5.10 Å². The molecule has 0 amide bonds. The third kappa shape index (κ3) is 3.09. The Bertz CT molecular complexity index is 1110. The van der Waals surface area contributed by atoms with Gasteiger partial charge in [-0.1, -0.05) is 23.5 Å². The number of anilines is 1. The van der Waals surface area contributed by atoms with E-state index in [1.807, 2.05) is 11.7 Å². The summed E-state index contributed by atoms with van der Waals surface area (Å²) in [4.78, 5) is 7.25. The highest BCUT2D eigenvalue weighted by Gasteiger charge is 2.20. The molecule has 0 saturated carbocycles. The molecule has 0 atom stereocenters. The molecule has 138 valence electrons. The van der Waals surface area contributed by atoms with Crippen molar-refractivity contribution in [2.75, 3.05) is 25.0 Å². The molecule has 5 nitrogen and oxygen atoms in total. The molecule has 0 bridgehead atoms. The molecule has 27 heavy (non-hydrogen) atoms. The molecule has 1 saturated heterocycles. The number of fused-ring (bicyclic) bond motifs is 2. The van der Waals surface area contributed by atoms with Gasteiger partial charge in [0.1, 0.15) is 0 Å². The molecular weight excluding hydrogens is 354 g/mol. The number of nitrogens with zero attached hydrogens (tertiary/aromatic N) is 4. The second kappa shape index (κ2) is 6.62. The topological polar surface area (TPSA) is 46.0 Å². The summed E-state index contributed by atoms with van der Waals surface area (Å²) in [5.74, 6) is 0. The van der Waals surface area contributed by atoms with Crippen LogP contribution in [0, 0.1) is 0 Å². The van der Waals surface area contributed by atoms with Crippen LogP contribution in [0.15, 0.2) is 42.6 Å². The van der Waals surface area contributed by atoms with Gasteiger partial charge < -0.3 is 10.2 Å². The number of hydrogen-bond acceptors (Lipinski definition) is 5. The molecule has 0 aliphatic carbocycles. The van der Waals surface area contributed by atoms with Crippen LogP contribution in [0.2, 0.25) is 0 Å². The van der Waals surface area contributed by atoms with Crippen molar-refractivity contribution in [2.45, 2.75) is 18.9 Å². The van der Waals surface area contributed by atoms with Gasteiger partial charge in [0.25, 0.3) is 0 Å². The Morgan fingerprint density at radius 1 is 1.07 bits per heavy atom. The van der Waals surface area contributed by atoms with Crippen LogP contribution in [0.5, 0.6) is 0 Å². The van der Waals surface area contributed by atoms with E-state index in [-0.39, 0.29) is 0 Å². The molecule has 1 N–H and O–H groups in total. The molecule has 2 aromatic heterocycles. The second-order valence-electron chi connectivity index (χ2n) is 7.35. The Morgan fingerprint density at radius 2 is 1.81 bits per heavy atom. The largest absolute Gasteiger partial charge is 0.348 e. The Balaban J connectivity index is 1.49. The lowest BCUT2D eigenvalue weighted by molar-refractivity contribution is 0.443. The van der Waals surface area contributed by atoms with E-state index in [0.29, 0.717) is 6.04 Å². The first-order valence-corrected chi connectivity index (χ1v) is 10.3. The normalized spacial score (nSPS) is 15.6. The van der Waals surface area contributed by atoms with Crippen LogP contribution in [0.1, 0.15) is 12.8 Å². The number of aryl methyl sites for hydroxylation is 1. The van der Waals surface area contributed by atoms with Gasteiger partial charge in [-0.25, -0.2) is 4.98 Å². The first-order valence-electron chi connectivity index (χ1n) is 9.45. The molecule has 4 aromatic rings. The van der Waals surface area contributed by atoms with Crippen LogP contribution >= 0.6 is 11.3 Å². The third-order valence-electron chi connectivity index (χ3n) is 5.49. The number of hydrogen-bond donors (Lipinski definition) is 1. The van der Waals surface area contributed by atoms with E-state index in [9.17, 15) is 0 Å². The lowest BCUT2D eigenvalue weighted by Crippen LogP contribution is -2.41. The zero-order chi connectivity index (χ0) is 18.4. The molecule has 2 aromatic carbocycles. The maximum absolute atomic E-state index is 4.89.